The lowest BCUT2D eigenvalue weighted by molar-refractivity contribution is -0.305. The zero-order valence-electron chi connectivity index (χ0n) is 39.4. The average Bonchev–Trinajstić information content (AvgIpc) is 3.26. The van der Waals surface area contributed by atoms with Gasteiger partial charge in [-0.3, -0.25) is 4.79 Å². The van der Waals surface area contributed by atoms with E-state index in [1.807, 2.05) is 0 Å². The molecule has 0 aromatic carbocycles. The minimum Gasteiger partial charge on any atom is -0.457 e. The quantitative estimate of drug-likeness (QED) is 0.0268. The van der Waals surface area contributed by atoms with Gasteiger partial charge in [-0.25, -0.2) is 0 Å². The molecule has 0 spiro atoms. The van der Waals surface area contributed by atoms with Crippen molar-refractivity contribution >= 4 is 5.97 Å². The Bertz CT molecular complexity index is 1030. The van der Waals surface area contributed by atoms with Crippen LogP contribution in [0.4, 0.5) is 0 Å². The highest BCUT2D eigenvalue weighted by Crippen LogP contribution is 2.23. The Labute approximate surface area is 374 Å². The molecule has 0 bridgehead atoms. The lowest BCUT2D eigenvalue weighted by atomic mass is 9.99. The molecular weight excluding hydrogens is 769 g/mol. The number of aliphatic hydroxyl groups is 4. The standard InChI is InChI=1S/C52H96O9/c1-3-5-7-9-11-13-15-17-18-19-20-21-22-23-24-25-26-27-28-29-30-32-34-36-38-40-42-58-44-46(45-59-52-51(57)50(56)49(55)47(43-53)61-52)60-48(54)41-39-37-35-33-31-16-14-12-10-8-6-4-2/h12,14-15,17,19-20,46-47,49-53,55-57H,3-11,13,16,18,21-45H2,1-2H3/b14-12-,17-15-,20-19-. The number of esters is 1. The summed E-state index contributed by atoms with van der Waals surface area (Å²) < 4.78 is 22.9. The largest absolute Gasteiger partial charge is 0.457 e. The molecule has 0 amide bonds. The van der Waals surface area contributed by atoms with Crippen LogP contribution in [-0.2, 0) is 23.7 Å². The molecule has 0 aromatic heterocycles. The summed E-state index contributed by atoms with van der Waals surface area (Å²) in [6, 6.07) is 0. The maximum atomic E-state index is 12.8. The second kappa shape index (κ2) is 43.7. The van der Waals surface area contributed by atoms with Crippen LogP contribution >= 0.6 is 0 Å². The summed E-state index contributed by atoms with van der Waals surface area (Å²) in [6.07, 6.45) is 46.2. The van der Waals surface area contributed by atoms with Gasteiger partial charge in [0.05, 0.1) is 19.8 Å². The van der Waals surface area contributed by atoms with Crippen molar-refractivity contribution in [2.75, 3.05) is 26.4 Å². The smallest absolute Gasteiger partial charge is 0.306 e. The second-order valence-electron chi connectivity index (χ2n) is 17.6. The molecule has 0 saturated carbocycles. The molecule has 358 valence electrons. The van der Waals surface area contributed by atoms with Crippen molar-refractivity contribution in [1.82, 2.24) is 0 Å². The first-order valence-electron chi connectivity index (χ1n) is 25.6. The molecule has 61 heavy (non-hydrogen) atoms. The fraction of sp³-hybridized carbons (Fsp3) is 0.865. The number of carbonyl (C=O) groups excluding carboxylic acids is 1. The van der Waals surface area contributed by atoms with Crippen LogP contribution in [0.3, 0.4) is 0 Å². The predicted octanol–water partition coefficient (Wildman–Crippen LogP) is 12.3. The van der Waals surface area contributed by atoms with Gasteiger partial charge in [-0.15, -0.1) is 0 Å². The second-order valence-corrected chi connectivity index (χ2v) is 17.6. The maximum absolute atomic E-state index is 12.8. The van der Waals surface area contributed by atoms with Crippen LogP contribution in [0.25, 0.3) is 0 Å². The third-order valence-electron chi connectivity index (χ3n) is 11.8. The van der Waals surface area contributed by atoms with E-state index in [4.69, 9.17) is 18.9 Å². The molecule has 1 aliphatic heterocycles. The summed E-state index contributed by atoms with van der Waals surface area (Å²) in [4.78, 5) is 12.8. The molecule has 1 heterocycles. The summed E-state index contributed by atoms with van der Waals surface area (Å²) in [7, 11) is 0. The van der Waals surface area contributed by atoms with Gasteiger partial charge in [0, 0.05) is 13.0 Å². The van der Waals surface area contributed by atoms with Crippen LogP contribution in [0.2, 0.25) is 0 Å². The van der Waals surface area contributed by atoms with Gasteiger partial charge in [-0.1, -0.05) is 185 Å². The monoisotopic (exact) mass is 865 g/mol. The molecular formula is C52H96O9. The number of hydrogen-bond acceptors (Lipinski definition) is 9. The minimum absolute atomic E-state index is 0.115. The van der Waals surface area contributed by atoms with E-state index in [0.29, 0.717) is 13.0 Å². The van der Waals surface area contributed by atoms with Crippen molar-refractivity contribution in [3.8, 4) is 0 Å². The highest BCUT2D eigenvalue weighted by Gasteiger charge is 2.44. The lowest BCUT2D eigenvalue weighted by Gasteiger charge is -2.39. The molecule has 9 heteroatoms. The molecule has 1 aliphatic rings. The van der Waals surface area contributed by atoms with Gasteiger partial charge in [0.1, 0.15) is 30.5 Å². The Morgan fingerprint density at radius 1 is 0.525 bits per heavy atom. The highest BCUT2D eigenvalue weighted by molar-refractivity contribution is 5.69. The van der Waals surface area contributed by atoms with Crippen LogP contribution in [0, 0.1) is 0 Å². The summed E-state index contributed by atoms with van der Waals surface area (Å²) in [5.74, 6) is -0.322. The van der Waals surface area contributed by atoms with Crippen LogP contribution in [0.1, 0.15) is 226 Å². The number of aliphatic hydroxyl groups excluding tert-OH is 4. The van der Waals surface area contributed by atoms with Crippen molar-refractivity contribution < 1.29 is 44.2 Å². The van der Waals surface area contributed by atoms with E-state index in [-0.39, 0.29) is 19.2 Å². The highest BCUT2D eigenvalue weighted by atomic mass is 16.7. The van der Waals surface area contributed by atoms with E-state index in [0.717, 1.165) is 51.4 Å². The third kappa shape index (κ3) is 34.5. The Balaban J connectivity index is 2.14. The van der Waals surface area contributed by atoms with Crippen molar-refractivity contribution in [2.45, 2.75) is 263 Å². The zero-order chi connectivity index (χ0) is 44.3. The van der Waals surface area contributed by atoms with Gasteiger partial charge < -0.3 is 39.4 Å². The normalized spacial score (nSPS) is 20.1. The molecule has 1 saturated heterocycles. The van der Waals surface area contributed by atoms with Crippen LogP contribution in [0.5, 0.6) is 0 Å². The fourth-order valence-electron chi connectivity index (χ4n) is 7.75. The van der Waals surface area contributed by atoms with E-state index in [1.54, 1.807) is 0 Å². The number of allylic oxidation sites excluding steroid dienone is 6. The molecule has 0 radical (unpaired) electrons. The molecule has 0 aliphatic carbocycles. The molecule has 6 atom stereocenters. The third-order valence-corrected chi connectivity index (χ3v) is 11.8. The number of carbonyl (C=O) groups is 1. The summed E-state index contributed by atoms with van der Waals surface area (Å²) >= 11 is 0. The van der Waals surface area contributed by atoms with E-state index >= 15 is 0 Å². The van der Waals surface area contributed by atoms with E-state index in [2.05, 4.69) is 50.3 Å². The topological polar surface area (TPSA) is 135 Å². The summed E-state index contributed by atoms with van der Waals surface area (Å²) in [5, 5.41) is 40.2. The van der Waals surface area contributed by atoms with E-state index in [9.17, 15) is 25.2 Å². The van der Waals surface area contributed by atoms with Crippen molar-refractivity contribution in [2.24, 2.45) is 0 Å². The number of hydrogen-bond donors (Lipinski definition) is 4. The molecule has 1 rings (SSSR count). The lowest BCUT2D eigenvalue weighted by Crippen LogP contribution is -2.59. The Kier molecular flexibility index (Phi) is 41.1. The number of unbranched alkanes of at least 4 members (excludes halogenated alkanes) is 27. The number of rotatable bonds is 44. The first-order chi connectivity index (χ1) is 29.9. The van der Waals surface area contributed by atoms with Gasteiger partial charge in [-0.05, 0) is 70.6 Å². The predicted molar refractivity (Wildman–Crippen MR) is 252 cm³/mol. The zero-order valence-corrected chi connectivity index (χ0v) is 39.4. The Hall–Kier alpha value is -1.59. The molecule has 0 aromatic rings. The SMILES string of the molecule is CCCCC/C=C\CCCCCCCC(=O)OC(COCCCCCCCCCCCCCCCC/C=C\C/C=C\CCCCCCC)COC1OC(CO)C(O)C(O)C1O. The maximum Gasteiger partial charge on any atom is 0.306 e. The summed E-state index contributed by atoms with van der Waals surface area (Å²) in [5.41, 5.74) is 0. The molecule has 9 nitrogen and oxygen atoms in total. The number of ether oxygens (including phenoxy) is 4. The van der Waals surface area contributed by atoms with E-state index in [1.165, 1.54) is 154 Å². The molecule has 4 N–H and O–H groups in total. The molecule has 1 fully saturated rings. The van der Waals surface area contributed by atoms with Gasteiger partial charge in [0.2, 0.25) is 0 Å². The first kappa shape index (κ1) is 57.4. The first-order valence-corrected chi connectivity index (χ1v) is 25.6. The van der Waals surface area contributed by atoms with Crippen LogP contribution in [-0.4, -0.2) is 89.6 Å². The van der Waals surface area contributed by atoms with Crippen molar-refractivity contribution in [3.63, 3.8) is 0 Å². The minimum atomic E-state index is -1.54. The summed E-state index contributed by atoms with van der Waals surface area (Å²) in [6.45, 7) is 4.53. The van der Waals surface area contributed by atoms with E-state index < -0.39 is 43.4 Å². The van der Waals surface area contributed by atoms with Gasteiger partial charge in [-0.2, -0.15) is 0 Å². The molecule has 6 unspecified atom stereocenters. The van der Waals surface area contributed by atoms with Crippen LogP contribution in [0.15, 0.2) is 36.5 Å². The van der Waals surface area contributed by atoms with Gasteiger partial charge in [0.15, 0.2) is 6.29 Å². The Morgan fingerprint density at radius 2 is 0.951 bits per heavy atom. The van der Waals surface area contributed by atoms with Crippen molar-refractivity contribution in [3.05, 3.63) is 36.5 Å². The fourth-order valence-corrected chi connectivity index (χ4v) is 7.75. The van der Waals surface area contributed by atoms with Gasteiger partial charge in [0.25, 0.3) is 0 Å². The van der Waals surface area contributed by atoms with Crippen molar-refractivity contribution in [1.29, 1.82) is 0 Å². The average molecular weight is 865 g/mol. The van der Waals surface area contributed by atoms with Gasteiger partial charge >= 0.3 is 5.97 Å². The Morgan fingerprint density at radius 3 is 1.46 bits per heavy atom. The van der Waals surface area contributed by atoms with Crippen LogP contribution < -0.4 is 0 Å².